The topological polar surface area (TPSA) is 59.0 Å². The second-order valence-electron chi connectivity index (χ2n) is 6.35. The van der Waals surface area contributed by atoms with Crippen molar-refractivity contribution in [1.82, 2.24) is 4.90 Å². The first kappa shape index (κ1) is 7.53. The highest BCUT2D eigenvalue weighted by Crippen LogP contribution is 2.64. The Morgan fingerprint density at radius 2 is 2.48 bits per heavy atom. The minimum absolute atomic E-state index is 0.0194. The molecule has 2 aliphatic heterocycles. The maximum atomic E-state index is 13.4. The summed E-state index contributed by atoms with van der Waals surface area (Å²) in [6.07, 6.45) is -9.19. The fourth-order valence-electron chi connectivity index (χ4n) is 4.37. The highest BCUT2D eigenvalue weighted by molar-refractivity contribution is 5.90. The van der Waals surface area contributed by atoms with E-state index in [9.17, 15) is 6.17 Å². The van der Waals surface area contributed by atoms with E-state index < -0.39 is 65.7 Å². The highest BCUT2D eigenvalue weighted by atomic mass is 16.5. The molecule has 5 rings (SSSR count). The van der Waals surface area contributed by atoms with Crippen molar-refractivity contribution in [2.45, 2.75) is 48.7 Å². The van der Waals surface area contributed by atoms with E-state index in [4.69, 9.17) is 25.6 Å². The molecule has 2 bridgehead atoms. The van der Waals surface area contributed by atoms with E-state index in [0.717, 1.165) is 0 Å². The Bertz CT molecular complexity index is 1100. The average Bonchev–Trinajstić information content (AvgIpc) is 2.97. The van der Waals surface area contributed by atoms with E-state index in [2.05, 4.69) is 0 Å². The van der Waals surface area contributed by atoms with Crippen molar-refractivity contribution < 1.29 is 30.3 Å². The molecular formula is C18H21NO4. The number of likely N-dealkylation sites (N-methyl/N-ethyl adjacent to an activating group) is 1. The zero-order chi connectivity index (χ0) is 23.9. The molecule has 23 heavy (non-hydrogen) atoms. The van der Waals surface area contributed by atoms with E-state index >= 15 is 0 Å². The monoisotopic (exact) mass is 324 g/mol. The van der Waals surface area contributed by atoms with Gasteiger partial charge in [-0.3, -0.25) is 4.79 Å². The third-order valence-electron chi connectivity index (χ3n) is 5.43. The van der Waals surface area contributed by atoms with Crippen LogP contribution in [-0.4, -0.2) is 55.6 Å². The number of aliphatic hydroxyl groups is 1. The lowest BCUT2D eigenvalue weighted by atomic mass is 9.49. The minimum Gasteiger partial charge on any atom is -0.493 e. The number of carbonyl (C=O) groups is 1. The van der Waals surface area contributed by atoms with Gasteiger partial charge in [-0.2, -0.15) is 0 Å². The predicted molar refractivity (Wildman–Crippen MR) is 83.0 cm³/mol. The van der Waals surface area contributed by atoms with Gasteiger partial charge in [0.15, 0.2) is 23.4 Å². The summed E-state index contributed by atoms with van der Waals surface area (Å²) in [6.45, 7) is 0.0194. The van der Waals surface area contributed by atoms with Crippen LogP contribution in [0.2, 0.25) is 0 Å². The quantitative estimate of drug-likeness (QED) is 0.881. The van der Waals surface area contributed by atoms with Gasteiger partial charge in [-0.05, 0) is 44.4 Å². The van der Waals surface area contributed by atoms with Gasteiger partial charge >= 0.3 is 0 Å². The number of hydrogen-bond acceptors (Lipinski definition) is 5. The molecule has 1 aromatic rings. The fraction of sp³-hybridized carbons (Fsp3) is 0.611. The smallest absolute Gasteiger partial charge is 0.211 e. The number of likely N-dealkylation sites (tertiary alicyclic amines) is 1. The number of ether oxygens (including phenoxy) is 2. The third kappa shape index (κ3) is 1.32. The van der Waals surface area contributed by atoms with Gasteiger partial charge in [-0.1, -0.05) is 6.04 Å². The maximum absolute atomic E-state index is 13.4. The number of Topliss-reactive ketones (excluding diaryl/α,β-unsaturated/α-hetero) is 1. The predicted octanol–water partition coefficient (Wildman–Crippen LogP) is 1.05. The number of nitrogens with zero attached hydrogens (tertiary/aromatic N) is 1. The molecule has 1 saturated carbocycles. The van der Waals surface area contributed by atoms with Gasteiger partial charge in [0.05, 0.1) is 23.6 Å². The molecule has 0 amide bonds. The Hall–Kier alpha value is -1.59. The summed E-state index contributed by atoms with van der Waals surface area (Å²) in [5.41, 5.74) is -4.82. The number of carbonyl (C=O) groups excluding carboxylic acids is 1. The molecular weight excluding hydrogens is 294 g/mol. The molecule has 4 aliphatic rings. The van der Waals surface area contributed by atoms with Crippen LogP contribution < -0.4 is 9.47 Å². The van der Waals surface area contributed by atoms with E-state index in [1.807, 2.05) is 0 Å². The number of piperidine rings is 1. The summed E-state index contributed by atoms with van der Waals surface area (Å²) in [7, 11) is 2.62. The number of ketones is 1. The van der Waals surface area contributed by atoms with Gasteiger partial charge in [0.25, 0.3) is 0 Å². The van der Waals surface area contributed by atoms with Crippen LogP contribution in [0.4, 0.5) is 0 Å². The number of hydrogen-bond donors (Lipinski definition) is 1. The minimum atomic E-state index is -2.77. The maximum Gasteiger partial charge on any atom is 0.211 e. The molecule has 2 aliphatic carbocycles. The first-order valence-corrected chi connectivity index (χ1v) is 7.48. The van der Waals surface area contributed by atoms with Crippen molar-refractivity contribution in [3.63, 3.8) is 0 Å². The highest BCUT2D eigenvalue weighted by Gasteiger charge is 2.72. The normalized spacial score (nSPS) is 57.0. The Labute approximate surface area is 147 Å². The van der Waals surface area contributed by atoms with Crippen molar-refractivity contribution in [1.29, 1.82) is 1.43 Å². The van der Waals surface area contributed by atoms with Crippen molar-refractivity contribution in [3.05, 3.63) is 23.2 Å². The summed E-state index contributed by atoms with van der Waals surface area (Å²) in [6, 6.07) is -3.64. The van der Waals surface area contributed by atoms with E-state index in [-0.39, 0.29) is 30.0 Å². The van der Waals surface area contributed by atoms with Crippen molar-refractivity contribution >= 4 is 5.78 Å². The second-order valence-corrected chi connectivity index (χ2v) is 6.35. The second kappa shape index (κ2) is 4.08. The van der Waals surface area contributed by atoms with Gasteiger partial charge in [-0.25, -0.2) is 0 Å². The number of rotatable bonds is 2. The van der Waals surface area contributed by atoms with Gasteiger partial charge in [0, 0.05) is 23.4 Å². The van der Waals surface area contributed by atoms with E-state index in [1.165, 1.54) is 19.1 Å². The molecule has 5 heteroatoms. The molecule has 1 N–H and O–H groups in total. The Morgan fingerprint density at radius 3 is 3.26 bits per heavy atom. The summed E-state index contributed by atoms with van der Waals surface area (Å²) in [4.78, 5) is 14.6. The van der Waals surface area contributed by atoms with Crippen LogP contribution >= 0.6 is 0 Å². The lowest BCUT2D eigenvalue weighted by molar-refractivity contribution is -0.185. The number of benzene rings is 1. The molecule has 1 saturated heterocycles. The van der Waals surface area contributed by atoms with Crippen LogP contribution in [0.25, 0.3) is 0 Å². The van der Waals surface area contributed by atoms with Crippen molar-refractivity contribution in [2.24, 2.45) is 0 Å². The largest absolute Gasteiger partial charge is 0.493 e. The lowest BCUT2D eigenvalue weighted by Crippen LogP contribution is -2.76. The van der Waals surface area contributed by atoms with Gasteiger partial charge in [0.1, 0.15) is 0 Å². The standard InChI is InChI=1S/C18H21NO4/c1-19-8-7-17-14-10-3-4-12(22-2)15(14)23-16(17)11(20)5-6-18(17,21)13(19)9-10/h3-4,13,16,21H,5-9H2,1-2H3/t13-,16?,17+,18-/m1/s1/i3D,4D,5D2,9D2,13D,16D,21D. The molecule has 2 fully saturated rings. The van der Waals surface area contributed by atoms with Crippen LogP contribution in [0.3, 0.4) is 0 Å². The van der Waals surface area contributed by atoms with Crippen LogP contribution in [-0.2, 0) is 16.6 Å². The molecule has 1 unspecified atom stereocenters. The Morgan fingerprint density at radius 1 is 1.61 bits per heavy atom. The summed E-state index contributed by atoms with van der Waals surface area (Å²) >= 11 is 0. The lowest BCUT2D eigenvalue weighted by Gasteiger charge is -2.62. The van der Waals surface area contributed by atoms with Crippen molar-refractivity contribution in [2.75, 3.05) is 20.7 Å². The first-order valence-electron chi connectivity index (χ1n) is 11.9. The zero-order valence-electron chi connectivity index (χ0n) is 21.7. The first-order chi connectivity index (χ1) is 14.7. The zero-order valence-corrected chi connectivity index (χ0v) is 12.7. The molecule has 122 valence electrons. The molecule has 5 nitrogen and oxygen atoms in total. The van der Waals surface area contributed by atoms with Crippen LogP contribution in [0.15, 0.2) is 12.1 Å². The SMILES string of the molecule is [2H]O[C@@]12CC([2H])([2H])C(=O)C3([2H])Oc4c(OC)c([2H])c([2H])c5c4[C@@]31CCN(C)[C@]2([2H])C5([2H])[2H]. The molecule has 4 atom stereocenters. The molecule has 1 spiro atoms. The Balaban J connectivity index is 2.08. The van der Waals surface area contributed by atoms with Crippen LogP contribution in [0.5, 0.6) is 11.5 Å². The van der Waals surface area contributed by atoms with E-state index in [0.29, 0.717) is 0 Å². The third-order valence-corrected chi connectivity index (χ3v) is 5.43. The molecule has 1 aromatic carbocycles. The molecule has 0 aromatic heterocycles. The summed E-state index contributed by atoms with van der Waals surface area (Å²) in [5.74, 6) is -1.83. The van der Waals surface area contributed by atoms with Crippen molar-refractivity contribution in [3.8, 4) is 11.5 Å². The average molecular weight is 324 g/mol. The molecule has 2 heterocycles. The summed E-state index contributed by atoms with van der Waals surface area (Å²) in [5, 5.41) is 5.14. The van der Waals surface area contributed by atoms with Gasteiger partial charge in [-0.15, -0.1) is 0 Å². The summed E-state index contributed by atoms with van der Waals surface area (Å²) < 4.78 is 89.2. The van der Waals surface area contributed by atoms with E-state index in [1.54, 1.807) is 0 Å². The van der Waals surface area contributed by atoms with Crippen LogP contribution in [0, 0.1) is 0 Å². The van der Waals surface area contributed by atoms with Gasteiger partial charge < -0.3 is 19.5 Å². The van der Waals surface area contributed by atoms with Crippen LogP contribution in [0.1, 0.15) is 41.3 Å². The molecule has 0 radical (unpaired) electrons. The van der Waals surface area contributed by atoms with Gasteiger partial charge in [0.2, 0.25) is 1.43 Å². The Kier molecular flexibility index (Phi) is 1.34. The fourth-order valence-corrected chi connectivity index (χ4v) is 4.37. The number of methoxy groups -OCH3 is 1.